The number of benzene rings is 2. The van der Waals surface area contributed by atoms with Crippen LogP contribution in [-0.4, -0.2) is 56.8 Å². The van der Waals surface area contributed by atoms with Crippen LogP contribution in [0.3, 0.4) is 0 Å². The van der Waals surface area contributed by atoms with E-state index in [0.29, 0.717) is 25.6 Å². The second-order valence-corrected chi connectivity index (χ2v) is 10.4. The Balaban J connectivity index is 1.25. The average Bonchev–Trinajstić information content (AvgIpc) is 3.43. The first-order chi connectivity index (χ1) is 18.1. The number of amides is 1. The number of fused-ring (bicyclic) bond motifs is 1. The number of allylic oxidation sites excluding steroid dienone is 3. The highest BCUT2D eigenvalue weighted by atomic mass is 16.6. The van der Waals surface area contributed by atoms with Gasteiger partial charge < -0.3 is 24.4 Å². The Bertz CT molecular complexity index is 1170. The van der Waals surface area contributed by atoms with Gasteiger partial charge in [-0.15, -0.1) is 0 Å². The van der Waals surface area contributed by atoms with Crippen molar-refractivity contribution < 1.29 is 19.0 Å². The molecule has 1 aliphatic carbocycles. The second-order valence-electron chi connectivity index (χ2n) is 10.4. The maximum Gasteiger partial charge on any atom is 0.224 e. The summed E-state index contributed by atoms with van der Waals surface area (Å²) in [7, 11) is 1.69. The van der Waals surface area contributed by atoms with Gasteiger partial charge in [0.2, 0.25) is 5.91 Å². The summed E-state index contributed by atoms with van der Waals surface area (Å²) in [5, 5.41) is 3.37. The van der Waals surface area contributed by atoms with Crippen LogP contribution in [0, 0.1) is 5.92 Å². The molecule has 1 unspecified atom stereocenters. The lowest BCUT2D eigenvalue weighted by atomic mass is 9.84. The van der Waals surface area contributed by atoms with Gasteiger partial charge >= 0.3 is 0 Å². The molecule has 0 saturated carbocycles. The molecule has 2 aliphatic heterocycles. The monoisotopic (exact) mass is 502 g/mol. The van der Waals surface area contributed by atoms with Crippen molar-refractivity contribution in [1.29, 1.82) is 0 Å². The standard InChI is InChI=1S/C31H38N2O4/c1-22-16-26(25-6-5-7-28(19-25)35-2)10-9-24(22)20-31(34)32-27(21-33-12-3-4-13-33)17-23-8-11-29-30(18-23)37-15-14-36-29/h5-11,18-19,22,27H,3-4,12-17,20-21H2,1-2H3,(H,32,34)/t22?,27-/m0/s1. The molecule has 1 amide bonds. The van der Waals surface area contributed by atoms with Gasteiger partial charge in [0.15, 0.2) is 11.5 Å². The molecule has 1 N–H and O–H groups in total. The van der Waals surface area contributed by atoms with E-state index in [0.717, 1.165) is 55.3 Å². The third kappa shape index (κ3) is 6.55. The quantitative estimate of drug-likeness (QED) is 0.521. The fourth-order valence-corrected chi connectivity index (χ4v) is 5.57. The van der Waals surface area contributed by atoms with Gasteiger partial charge in [-0.05, 0) is 85.7 Å². The SMILES string of the molecule is COc1cccc(C2=CC=C(CC(=O)N[C@@H](Cc3ccc4c(c3)OCCO4)CN3CCCC3)C(C)C2)c1. The molecule has 2 aromatic carbocycles. The van der Waals surface area contributed by atoms with Crippen LogP contribution in [0.25, 0.3) is 5.57 Å². The molecule has 2 aromatic rings. The topological polar surface area (TPSA) is 60.0 Å². The third-order valence-electron chi connectivity index (χ3n) is 7.59. The average molecular weight is 503 g/mol. The molecular formula is C31H38N2O4. The molecule has 2 heterocycles. The van der Waals surface area contributed by atoms with Gasteiger partial charge in [-0.25, -0.2) is 0 Å². The van der Waals surface area contributed by atoms with Crippen molar-refractivity contribution in [2.24, 2.45) is 5.92 Å². The van der Waals surface area contributed by atoms with Gasteiger partial charge in [0.05, 0.1) is 7.11 Å². The van der Waals surface area contributed by atoms with Gasteiger partial charge in [0.1, 0.15) is 19.0 Å². The van der Waals surface area contributed by atoms with E-state index in [-0.39, 0.29) is 11.9 Å². The molecule has 0 radical (unpaired) electrons. The Morgan fingerprint density at radius 1 is 1.08 bits per heavy atom. The Labute approximate surface area is 220 Å². The predicted octanol–water partition coefficient (Wildman–Crippen LogP) is 5.03. The van der Waals surface area contributed by atoms with Crippen LogP contribution in [0.1, 0.15) is 43.7 Å². The van der Waals surface area contributed by atoms with E-state index in [1.165, 1.54) is 29.6 Å². The number of carbonyl (C=O) groups is 1. The molecule has 6 heteroatoms. The molecule has 3 aliphatic rings. The molecular weight excluding hydrogens is 464 g/mol. The molecule has 0 bridgehead atoms. The minimum Gasteiger partial charge on any atom is -0.497 e. The number of hydrogen-bond acceptors (Lipinski definition) is 5. The van der Waals surface area contributed by atoms with Crippen molar-refractivity contribution in [3.63, 3.8) is 0 Å². The molecule has 5 rings (SSSR count). The minimum atomic E-state index is 0.0514. The third-order valence-corrected chi connectivity index (χ3v) is 7.59. The molecule has 6 nitrogen and oxygen atoms in total. The highest BCUT2D eigenvalue weighted by molar-refractivity contribution is 5.80. The highest BCUT2D eigenvalue weighted by Crippen LogP contribution is 2.34. The van der Waals surface area contributed by atoms with Gasteiger partial charge in [0, 0.05) is 19.0 Å². The Hall–Kier alpha value is -3.25. The van der Waals surface area contributed by atoms with Crippen LogP contribution in [0.2, 0.25) is 0 Å². The van der Waals surface area contributed by atoms with Crippen molar-refractivity contribution in [3.05, 3.63) is 71.3 Å². The number of hydrogen-bond donors (Lipinski definition) is 1. The summed E-state index contributed by atoms with van der Waals surface area (Å²) in [6.45, 7) is 6.45. The maximum atomic E-state index is 13.2. The largest absolute Gasteiger partial charge is 0.497 e. The summed E-state index contributed by atoms with van der Waals surface area (Å²) in [6, 6.07) is 14.4. The zero-order valence-electron chi connectivity index (χ0n) is 22.0. The number of nitrogens with one attached hydrogen (secondary N) is 1. The van der Waals surface area contributed by atoms with Gasteiger partial charge in [-0.3, -0.25) is 4.79 Å². The number of rotatable bonds is 9. The van der Waals surface area contributed by atoms with Crippen molar-refractivity contribution in [2.75, 3.05) is 40.0 Å². The lowest BCUT2D eigenvalue weighted by Crippen LogP contribution is -2.44. The zero-order valence-corrected chi connectivity index (χ0v) is 22.0. The zero-order chi connectivity index (χ0) is 25.6. The second kappa shape index (κ2) is 11.9. The molecule has 37 heavy (non-hydrogen) atoms. The fraction of sp³-hybridized carbons (Fsp3) is 0.452. The number of carbonyl (C=O) groups excluding carboxylic acids is 1. The first-order valence-electron chi connectivity index (χ1n) is 13.5. The molecule has 1 saturated heterocycles. The normalized spacial score (nSPS) is 20.1. The lowest BCUT2D eigenvalue weighted by molar-refractivity contribution is -0.121. The van der Waals surface area contributed by atoms with Crippen LogP contribution in [0.15, 0.2) is 60.2 Å². The van der Waals surface area contributed by atoms with E-state index < -0.39 is 0 Å². The van der Waals surface area contributed by atoms with Crippen LogP contribution in [-0.2, 0) is 11.2 Å². The highest BCUT2D eigenvalue weighted by Gasteiger charge is 2.23. The summed E-state index contributed by atoms with van der Waals surface area (Å²) in [4.78, 5) is 15.7. The van der Waals surface area contributed by atoms with Crippen LogP contribution >= 0.6 is 0 Å². The number of likely N-dealkylation sites (tertiary alicyclic amines) is 1. The van der Waals surface area contributed by atoms with E-state index in [1.807, 2.05) is 18.2 Å². The first kappa shape index (κ1) is 25.4. The van der Waals surface area contributed by atoms with Gasteiger partial charge in [-0.1, -0.05) is 42.8 Å². The fourth-order valence-electron chi connectivity index (χ4n) is 5.57. The van der Waals surface area contributed by atoms with Gasteiger partial charge in [0.25, 0.3) is 0 Å². The molecule has 2 atom stereocenters. The van der Waals surface area contributed by atoms with Crippen LogP contribution in [0.5, 0.6) is 17.2 Å². The van der Waals surface area contributed by atoms with Crippen LogP contribution < -0.4 is 19.5 Å². The molecule has 0 aromatic heterocycles. The van der Waals surface area contributed by atoms with E-state index in [2.05, 4.69) is 53.6 Å². The van der Waals surface area contributed by atoms with E-state index in [4.69, 9.17) is 14.2 Å². The van der Waals surface area contributed by atoms with Crippen molar-refractivity contribution in [3.8, 4) is 17.2 Å². The van der Waals surface area contributed by atoms with E-state index in [9.17, 15) is 4.79 Å². The Morgan fingerprint density at radius 2 is 1.89 bits per heavy atom. The number of ether oxygens (including phenoxy) is 3. The van der Waals surface area contributed by atoms with Crippen molar-refractivity contribution in [1.82, 2.24) is 10.2 Å². The van der Waals surface area contributed by atoms with E-state index in [1.54, 1.807) is 7.11 Å². The summed E-state index contributed by atoms with van der Waals surface area (Å²) >= 11 is 0. The Morgan fingerprint density at radius 3 is 2.68 bits per heavy atom. The predicted molar refractivity (Wildman–Crippen MR) is 146 cm³/mol. The summed E-state index contributed by atoms with van der Waals surface area (Å²) in [5.41, 5.74) is 4.80. The van der Waals surface area contributed by atoms with Gasteiger partial charge in [-0.2, -0.15) is 0 Å². The summed E-state index contributed by atoms with van der Waals surface area (Å²) in [5.74, 6) is 2.87. The lowest BCUT2D eigenvalue weighted by Gasteiger charge is -2.27. The molecule has 1 fully saturated rings. The summed E-state index contributed by atoms with van der Waals surface area (Å²) in [6.07, 6.45) is 8.88. The number of methoxy groups -OCH3 is 1. The van der Waals surface area contributed by atoms with Crippen molar-refractivity contribution >= 4 is 11.5 Å². The maximum absolute atomic E-state index is 13.2. The number of nitrogens with zero attached hydrogens (tertiary/aromatic N) is 1. The van der Waals surface area contributed by atoms with Crippen LogP contribution in [0.4, 0.5) is 0 Å². The molecule has 0 spiro atoms. The van der Waals surface area contributed by atoms with E-state index >= 15 is 0 Å². The first-order valence-corrected chi connectivity index (χ1v) is 13.5. The smallest absolute Gasteiger partial charge is 0.224 e. The van der Waals surface area contributed by atoms with Crippen molar-refractivity contribution in [2.45, 2.75) is 45.1 Å². The Kier molecular flexibility index (Phi) is 8.15. The minimum absolute atomic E-state index is 0.0514. The molecule has 196 valence electrons. The summed E-state index contributed by atoms with van der Waals surface area (Å²) < 4.78 is 16.8.